The molecule has 1 amide bonds. The molecular weight excluding hydrogens is 388 g/mol. The van der Waals surface area contributed by atoms with Gasteiger partial charge in [-0.3, -0.25) is 9.59 Å². The number of benzene rings is 1. The van der Waals surface area contributed by atoms with Gasteiger partial charge in [0.1, 0.15) is 0 Å². The van der Waals surface area contributed by atoms with Crippen LogP contribution in [0.2, 0.25) is 0 Å². The van der Waals surface area contributed by atoms with Crippen molar-refractivity contribution in [2.24, 2.45) is 18.9 Å². The Bertz CT molecular complexity index is 971. The Hall–Kier alpha value is -2.14. The Balaban J connectivity index is 1.62. The number of rotatable bonds is 6. The third-order valence-electron chi connectivity index (χ3n) is 7.70. The van der Waals surface area contributed by atoms with E-state index in [1.165, 1.54) is 41.4 Å². The Morgan fingerprint density at radius 3 is 2.65 bits per heavy atom. The summed E-state index contributed by atoms with van der Waals surface area (Å²) < 4.78 is 7.90. The van der Waals surface area contributed by atoms with Crippen LogP contribution in [0.15, 0.2) is 18.2 Å². The molecular formula is C26H36N2O3. The first-order valence-corrected chi connectivity index (χ1v) is 11.9. The average Bonchev–Trinajstić information content (AvgIpc) is 3.09. The van der Waals surface area contributed by atoms with Crippen molar-refractivity contribution in [3.05, 3.63) is 35.0 Å². The topological polar surface area (TPSA) is 51.5 Å². The van der Waals surface area contributed by atoms with E-state index < -0.39 is 6.04 Å². The molecule has 0 radical (unpaired) electrons. The normalized spacial score (nSPS) is 20.5. The van der Waals surface area contributed by atoms with Gasteiger partial charge < -0.3 is 14.2 Å². The lowest BCUT2D eigenvalue weighted by Crippen LogP contribution is -2.40. The van der Waals surface area contributed by atoms with Gasteiger partial charge in [0.2, 0.25) is 0 Å². The van der Waals surface area contributed by atoms with E-state index in [9.17, 15) is 9.59 Å². The third kappa shape index (κ3) is 4.17. The lowest BCUT2D eigenvalue weighted by molar-refractivity contribution is -0.122. The molecule has 5 heteroatoms. The number of aromatic nitrogens is 1. The summed E-state index contributed by atoms with van der Waals surface area (Å²) in [5, 5.41) is 1.21. The number of hydrogen-bond donors (Lipinski definition) is 0. The Labute approximate surface area is 185 Å². The fourth-order valence-corrected chi connectivity index (χ4v) is 5.58. The second-order valence-electron chi connectivity index (χ2n) is 9.48. The smallest absolute Gasteiger partial charge is 0.254 e. The molecule has 1 aliphatic carbocycles. The minimum absolute atomic E-state index is 0.0757. The molecule has 2 aromatic rings. The molecule has 2 aliphatic rings. The van der Waals surface area contributed by atoms with Gasteiger partial charge in [-0.2, -0.15) is 0 Å². The number of nitrogens with zero attached hydrogens (tertiary/aromatic N) is 2. The van der Waals surface area contributed by atoms with Crippen molar-refractivity contribution in [2.75, 3.05) is 20.3 Å². The maximum atomic E-state index is 13.2. The van der Waals surface area contributed by atoms with Crippen LogP contribution in [0.25, 0.3) is 10.9 Å². The van der Waals surface area contributed by atoms with Crippen molar-refractivity contribution < 1.29 is 14.3 Å². The van der Waals surface area contributed by atoms with E-state index in [2.05, 4.69) is 23.7 Å². The molecule has 0 N–H and O–H groups in total. The van der Waals surface area contributed by atoms with Crippen LogP contribution in [-0.4, -0.2) is 47.5 Å². The third-order valence-corrected chi connectivity index (χ3v) is 7.70. The Kier molecular flexibility index (Phi) is 6.52. The number of Topliss-reactive ketones (excluding diaryl/α,β-unsaturated/α-hetero) is 1. The first kappa shape index (κ1) is 22.1. The van der Waals surface area contributed by atoms with Gasteiger partial charge in [0.25, 0.3) is 5.91 Å². The van der Waals surface area contributed by atoms with Crippen molar-refractivity contribution in [3.8, 4) is 0 Å². The largest absolute Gasteiger partial charge is 0.381 e. The van der Waals surface area contributed by atoms with E-state index in [0.29, 0.717) is 17.9 Å². The SMILES string of the molecule is CCCC(=O)[C@@H](C)N(C)C(=O)c1ccc2c(c1)c1c(n2C)CCC(C2CCOCC2)C1. The number of ether oxygens (including phenoxy) is 1. The van der Waals surface area contributed by atoms with E-state index in [0.717, 1.165) is 38.4 Å². The second-order valence-corrected chi connectivity index (χ2v) is 9.48. The second kappa shape index (κ2) is 9.15. The zero-order valence-corrected chi connectivity index (χ0v) is 19.4. The molecule has 0 spiro atoms. The van der Waals surface area contributed by atoms with E-state index >= 15 is 0 Å². The number of amides is 1. The highest BCUT2D eigenvalue weighted by atomic mass is 16.5. The van der Waals surface area contributed by atoms with Crippen LogP contribution < -0.4 is 0 Å². The molecule has 1 aliphatic heterocycles. The van der Waals surface area contributed by atoms with Crippen LogP contribution in [0.3, 0.4) is 0 Å². The van der Waals surface area contributed by atoms with Gasteiger partial charge in [0, 0.05) is 55.9 Å². The quantitative estimate of drug-likeness (QED) is 0.684. The van der Waals surface area contributed by atoms with Gasteiger partial charge in [-0.1, -0.05) is 6.92 Å². The van der Waals surface area contributed by atoms with Gasteiger partial charge in [0.15, 0.2) is 5.78 Å². The van der Waals surface area contributed by atoms with Gasteiger partial charge in [-0.05, 0) is 81.0 Å². The first-order valence-electron chi connectivity index (χ1n) is 11.9. The van der Waals surface area contributed by atoms with Crippen molar-refractivity contribution in [1.82, 2.24) is 9.47 Å². The molecule has 5 nitrogen and oxygen atoms in total. The van der Waals surface area contributed by atoms with E-state index in [-0.39, 0.29) is 11.7 Å². The van der Waals surface area contributed by atoms with Crippen LogP contribution in [0.1, 0.15) is 67.6 Å². The number of aryl methyl sites for hydroxylation is 1. The van der Waals surface area contributed by atoms with Crippen molar-refractivity contribution in [1.29, 1.82) is 0 Å². The maximum Gasteiger partial charge on any atom is 0.254 e. The summed E-state index contributed by atoms with van der Waals surface area (Å²) in [6, 6.07) is 5.66. The lowest BCUT2D eigenvalue weighted by Gasteiger charge is -2.33. The highest BCUT2D eigenvalue weighted by Crippen LogP contribution is 2.39. The molecule has 1 saturated heterocycles. The van der Waals surface area contributed by atoms with Gasteiger partial charge in [-0.25, -0.2) is 0 Å². The molecule has 2 atom stereocenters. The standard InChI is InChI=1S/C26H36N2O3/c1-5-6-25(29)17(2)27(3)26(30)20-8-10-24-22(16-20)21-15-19(7-9-23(21)28(24)4)18-11-13-31-14-12-18/h8,10,16-19H,5-7,9,11-15H2,1-4H3/t17-,19?/m1/s1. The number of hydrogen-bond acceptors (Lipinski definition) is 3. The molecule has 168 valence electrons. The van der Waals surface area contributed by atoms with Crippen LogP contribution in [-0.2, 0) is 29.4 Å². The fraction of sp³-hybridized carbons (Fsp3) is 0.615. The molecule has 0 saturated carbocycles. The summed E-state index contributed by atoms with van der Waals surface area (Å²) in [7, 11) is 3.89. The van der Waals surface area contributed by atoms with Crippen LogP contribution >= 0.6 is 0 Å². The van der Waals surface area contributed by atoms with E-state index in [1.807, 2.05) is 19.9 Å². The monoisotopic (exact) mass is 424 g/mol. The number of carbonyl (C=O) groups is 2. The number of fused-ring (bicyclic) bond motifs is 3. The van der Waals surface area contributed by atoms with Gasteiger partial charge in [0.05, 0.1) is 6.04 Å². The van der Waals surface area contributed by atoms with Crippen LogP contribution in [0.4, 0.5) is 0 Å². The zero-order chi connectivity index (χ0) is 22.1. The average molecular weight is 425 g/mol. The van der Waals surface area contributed by atoms with Crippen molar-refractivity contribution in [3.63, 3.8) is 0 Å². The summed E-state index contributed by atoms with van der Waals surface area (Å²) >= 11 is 0. The number of carbonyl (C=O) groups excluding carboxylic acids is 2. The molecule has 31 heavy (non-hydrogen) atoms. The van der Waals surface area contributed by atoms with Gasteiger partial charge in [-0.15, -0.1) is 0 Å². The molecule has 1 aromatic carbocycles. The first-order chi connectivity index (χ1) is 14.9. The Morgan fingerprint density at radius 2 is 1.94 bits per heavy atom. The molecule has 1 fully saturated rings. The highest BCUT2D eigenvalue weighted by molar-refractivity contribution is 6.01. The summed E-state index contributed by atoms with van der Waals surface area (Å²) in [6.45, 7) is 5.61. The van der Waals surface area contributed by atoms with Crippen LogP contribution in [0.5, 0.6) is 0 Å². The molecule has 1 unspecified atom stereocenters. The fourth-order valence-electron chi connectivity index (χ4n) is 5.58. The molecule has 2 heterocycles. The minimum Gasteiger partial charge on any atom is -0.381 e. The molecule has 1 aromatic heterocycles. The highest BCUT2D eigenvalue weighted by Gasteiger charge is 2.31. The minimum atomic E-state index is -0.397. The van der Waals surface area contributed by atoms with Crippen molar-refractivity contribution in [2.45, 2.75) is 64.8 Å². The summed E-state index contributed by atoms with van der Waals surface area (Å²) in [6.07, 6.45) is 7.10. The van der Waals surface area contributed by atoms with Crippen molar-refractivity contribution >= 4 is 22.6 Å². The predicted molar refractivity (Wildman–Crippen MR) is 123 cm³/mol. The number of ketones is 1. The lowest BCUT2D eigenvalue weighted by atomic mass is 9.75. The van der Waals surface area contributed by atoms with Crippen LogP contribution in [0, 0.1) is 11.8 Å². The predicted octanol–water partition coefficient (Wildman–Crippen LogP) is 4.54. The van der Waals surface area contributed by atoms with Gasteiger partial charge >= 0.3 is 0 Å². The van der Waals surface area contributed by atoms with E-state index in [4.69, 9.17) is 4.74 Å². The summed E-state index contributed by atoms with van der Waals surface area (Å²) in [4.78, 5) is 27.1. The summed E-state index contributed by atoms with van der Waals surface area (Å²) in [5.41, 5.74) is 4.72. The summed E-state index contributed by atoms with van der Waals surface area (Å²) in [5.74, 6) is 1.50. The maximum absolute atomic E-state index is 13.2. The number of likely N-dealkylation sites (N-methyl/N-ethyl adjacent to an activating group) is 1. The molecule has 4 rings (SSSR count). The zero-order valence-electron chi connectivity index (χ0n) is 19.4. The molecule has 0 bridgehead atoms. The Morgan fingerprint density at radius 1 is 1.19 bits per heavy atom. The van der Waals surface area contributed by atoms with E-state index in [1.54, 1.807) is 11.9 Å².